The summed E-state index contributed by atoms with van der Waals surface area (Å²) in [7, 11) is 3.31. The van der Waals surface area contributed by atoms with Crippen LogP contribution in [0.4, 0.5) is 0 Å². The summed E-state index contributed by atoms with van der Waals surface area (Å²) in [5.74, 6) is 1.13. The molecule has 2 aliphatic heterocycles. The van der Waals surface area contributed by atoms with E-state index in [4.69, 9.17) is 15.2 Å². The number of piperidine rings is 1. The lowest BCUT2D eigenvalue weighted by molar-refractivity contribution is -0.151. The SMILES string of the molecule is COc1cc2c(cc1OC)[C@H]1C[C@H]([C@@](N)(C(=O)O)C(C)C)[C@@H](CC(C)C)CN1CC2.Cl.Cl. The zero-order valence-corrected chi connectivity index (χ0v) is 21.7. The first-order valence-corrected chi connectivity index (χ1v) is 11.1. The van der Waals surface area contributed by atoms with Crippen LogP contribution in [0.3, 0.4) is 0 Å². The normalized spacial score (nSPS) is 24.5. The summed E-state index contributed by atoms with van der Waals surface area (Å²) in [6.45, 7) is 10.2. The average Bonchev–Trinajstić information content (AvgIpc) is 2.70. The fraction of sp³-hybridized carbons (Fsp3) is 0.708. The van der Waals surface area contributed by atoms with Crippen LogP contribution in [0.2, 0.25) is 0 Å². The lowest BCUT2D eigenvalue weighted by atomic mass is 9.63. The molecule has 0 aliphatic carbocycles. The Morgan fingerprint density at radius 1 is 1.19 bits per heavy atom. The third kappa shape index (κ3) is 5.14. The lowest BCUT2D eigenvalue weighted by Gasteiger charge is -2.52. The van der Waals surface area contributed by atoms with Crippen molar-refractivity contribution in [2.75, 3.05) is 27.3 Å². The molecule has 2 aliphatic rings. The van der Waals surface area contributed by atoms with Gasteiger partial charge in [0.1, 0.15) is 5.54 Å². The van der Waals surface area contributed by atoms with Crippen LogP contribution in [0.15, 0.2) is 12.1 Å². The Bertz CT molecular complexity index is 790. The van der Waals surface area contributed by atoms with Gasteiger partial charge in [-0.2, -0.15) is 0 Å². The number of methoxy groups -OCH3 is 2. The Morgan fingerprint density at radius 2 is 1.78 bits per heavy atom. The Balaban J connectivity index is 0.00000256. The van der Waals surface area contributed by atoms with Crippen molar-refractivity contribution in [2.45, 2.75) is 58.5 Å². The van der Waals surface area contributed by atoms with Gasteiger partial charge >= 0.3 is 5.97 Å². The highest BCUT2D eigenvalue weighted by molar-refractivity contribution is 5.85. The van der Waals surface area contributed by atoms with Crippen LogP contribution in [-0.2, 0) is 11.2 Å². The van der Waals surface area contributed by atoms with Crippen LogP contribution < -0.4 is 15.2 Å². The first-order valence-electron chi connectivity index (χ1n) is 11.1. The number of aliphatic carboxylic acids is 1. The molecule has 1 aromatic carbocycles. The Kier molecular flexibility index (Phi) is 10.2. The molecule has 0 saturated carbocycles. The molecule has 8 heteroatoms. The fourth-order valence-electron chi connectivity index (χ4n) is 5.70. The highest BCUT2D eigenvalue weighted by Crippen LogP contribution is 2.49. The molecule has 0 spiro atoms. The molecule has 0 amide bonds. The summed E-state index contributed by atoms with van der Waals surface area (Å²) in [4.78, 5) is 14.9. The maximum absolute atomic E-state index is 12.4. The van der Waals surface area contributed by atoms with E-state index in [1.807, 2.05) is 13.8 Å². The molecule has 0 unspecified atom stereocenters. The van der Waals surface area contributed by atoms with Crippen molar-refractivity contribution in [3.05, 3.63) is 23.3 Å². The number of benzene rings is 1. The van der Waals surface area contributed by atoms with E-state index in [9.17, 15) is 9.90 Å². The fourth-order valence-corrected chi connectivity index (χ4v) is 5.70. The van der Waals surface area contributed by atoms with Crippen LogP contribution in [0.1, 0.15) is 57.7 Å². The molecule has 3 N–H and O–H groups in total. The van der Waals surface area contributed by atoms with E-state index >= 15 is 0 Å². The smallest absolute Gasteiger partial charge is 0.324 e. The van der Waals surface area contributed by atoms with Crippen LogP contribution in [0, 0.1) is 23.7 Å². The zero-order valence-electron chi connectivity index (χ0n) is 20.1. The quantitative estimate of drug-likeness (QED) is 0.582. The molecule has 0 aromatic heterocycles. The predicted molar refractivity (Wildman–Crippen MR) is 133 cm³/mol. The number of halogens is 2. The summed E-state index contributed by atoms with van der Waals surface area (Å²) in [5, 5.41) is 10.2. The molecular formula is C24H40Cl2N2O4. The number of rotatable bonds is 7. The predicted octanol–water partition coefficient (Wildman–Crippen LogP) is 4.57. The molecule has 0 radical (unpaired) electrons. The highest BCUT2D eigenvalue weighted by Gasteiger charge is 2.52. The van der Waals surface area contributed by atoms with Crippen molar-refractivity contribution in [1.29, 1.82) is 0 Å². The summed E-state index contributed by atoms with van der Waals surface area (Å²) in [6.07, 6.45) is 2.70. The molecule has 3 rings (SSSR count). The number of carbonyl (C=O) groups is 1. The monoisotopic (exact) mass is 490 g/mol. The third-order valence-electron chi connectivity index (χ3n) is 7.34. The molecule has 1 aromatic rings. The molecule has 0 bridgehead atoms. The second kappa shape index (κ2) is 11.3. The van der Waals surface area contributed by atoms with Gasteiger partial charge in [-0.25, -0.2) is 0 Å². The standard InChI is InChI=1S/C24H38N2O4.2ClH/c1-14(2)9-17-13-26-8-7-16-10-21(29-5)22(30-6)11-18(16)20(26)12-19(17)24(25,15(3)4)23(27)28;;/h10-11,14-15,17,19-20H,7-9,12-13,25H2,1-6H3,(H,27,28);2*1H/t17-,19-,20+,24+;;/m0../s1. The maximum atomic E-state index is 12.4. The summed E-state index contributed by atoms with van der Waals surface area (Å²) in [6, 6.07) is 4.32. The van der Waals surface area contributed by atoms with Gasteiger partial charge in [-0.05, 0) is 66.2 Å². The van der Waals surface area contributed by atoms with Gasteiger partial charge < -0.3 is 20.3 Å². The first-order chi connectivity index (χ1) is 14.1. The van der Waals surface area contributed by atoms with E-state index in [-0.39, 0.29) is 48.6 Å². The molecular weight excluding hydrogens is 451 g/mol. The van der Waals surface area contributed by atoms with Gasteiger partial charge in [0.25, 0.3) is 0 Å². The minimum absolute atomic E-state index is 0. The lowest BCUT2D eigenvalue weighted by Crippen LogP contribution is -2.63. The van der Waals surface area contributed by atoms with Crippen molar-refractivity contribution in [3.8, 4) is 11.5 Å². The third-order valence-corrected chi connectivity index (χ3v) is 7.34. The van der Waals surface area contributed by atoms with E-state index in [1.54, 1.807) is 14.2 Å². The van der Waals surface area contributed by atoms with Crippen LogP contribution in [0.25, 0.3) is 0 Å². The molecule has 32 heavy (non-hydrogen) atoms. The number of fused-ring (bicyclic) bond motifs is 3. The largest absolute Gasteiger partial charge is 0.493 e. The first kappa shape index (κ1) is 28.8. The minimum Gasteiger partial charge on any atom is -0.493 e. The highest BCUT2D eigenvalue weighted by atomic mass is 35.5. The minimum atomic E-state index is -1.24. The van der Waals surface area contributed by atoms with E-state index in [0.717, 1.165) is 43.9 Å². The number of hydrogen-bond donors (Lipinski definition) is 2. The molecule has 2 heterocycles. The van der Waals surface area contributed by atoms with Gasteiger partial charge in [0, 0.05) is 19.1 Å². The van der Waals surface area contributed by atoms with Crippen molar-refractivity contribution in [2.24, 2.45) is 29.4 Å². The number of ether oxygens (including phenoxy) is 2. The summed E-state index contributed by atoms with van der Waals surface area (Å²) >= 11 is 0. The van der Waals surface area contributed by atoms with E-state index in [2.05, 4.69) is 30.9 Å². The number of nitrogens with two attached hydrogens (primary N) is 1. The van der Waals surface area contributed by atoms with Gasteiger partial charge in [-0.15, -0.1) is 24.8 Å². The van der Waals surface area contributed by atoms with E-state index < -0.39 is 11.5 Å². The number of carboxylic acids is 1. The topological polar surface area (TPSA) is 85.0 Å². The number of carboxylic acid groups (broad SMARTS) is 1. The zero-order chi connectivity index (χ0) is 22.2. The van der Waals surface area contributed by atoms with Crippen molar-refractivity contribution < 1.29 is 19.4 Å². The van der Waals surface area contributed by atoms with Gasteiger partial charge in [-0.1, -0.05) is 27.7 Å². The van der Waals surface area contributed by atoms with Crippen LogP contribution >= 0.6 is 24.8 Å². The molecule has 1 fully saturated rings. The summed E-state index contributed by atoms with van der Waals surface area (Å²) in [5.41, 5.74) is 7.96. The number of hydrogen-bond acceptors (Lipinski definition) is 5. The molecule has 6 nitrogen and oxygen atoms in total. The second-order valence-corrected chi connectivity index (χ2v) is 9.79. The van der Waals surface area contributed by atoms with Gasteiger partial charge in [0.05, 0.1) is 14.2 Å². The van der Waals surface area contributed by atoms with Crippen LogP contribution in [0.5, 0.6) is 11.5 Å². The van der Waals surface area contributed by atoms with E-state index in [1.165, 1.54) is 11.1 Å². The number of nitrogens with zero attached hydrogens (tertiary/aromatic N) is 1. The Hall–Kier alpha value is -1.21. The molecule has 184 valence electrons. The average molecular weight is 492 g/mol. The van der Waals surface area contributed by atoms with E-state index in [0.29, 0.717) is 5.92 Å². The van der Waals surface area contributed by atoms with Gasteiger partial charge in [0.15, 0.2) is 11.5 Å². The molecule has 1 saturated heterocycles. The Labute approximate surface area is 205 Å². The summed E-state index contributed by atoms with van der Waals surface area (Å²) < 4.78 is 11.1. The Morgan fingerprint density at radius 3 is 2.28 bits per heavy atom. The van der Waals surface area contributed by atoms with Crippen molar-refractivity contribution in [3.63, 3.8) is 0 Å². The van der Waals surface area contributed by atoms with Gasteiger partial charge in [-0.3, -0.25) is 9.69 Å². The maximum Gasteiger partial charge on any atom is 0.324 e. The van der Waals surface area contributed by atoms with Gasteiger partial charge in [0.2, 0.25) is 0 Å². The van der Waals surface area contributed by atoms with Crippen molar-refractivity contribution >= 4 is 30.8 Å². The van der Waals surface area contributed by atoms with Crippen molar-refractivity contribution in [1.82, 2.24) is 4.90 Å². The second-order valence-electron chi connectivity index (χ2n) is 9.79. The molecule has 4 atom stereocenters. The van der Waals surface area contributed by atoms with Crippen LogP contribution in [-0.4, -0.2) is 48.8 Å².